The number of halogens is 1. The topological polar surface area (TPSA) is 81.8 Å². The van der Waals surface area contributed by atoms with Crippen LogP contribution in [-0.4, -0.2) is 25.2 Å². The van der Waals surface area contributed by atoms with E-state index in [0.717, 1.165) is 16.3 Å². The van der Waals surface area contributed by atoms with Gasteiger partial charge in [0.1, 0.15) is 5.01 Å². The zero-order chi connectivity index (χ0) is 16.8. The minimum atomic E-state index is 0. The molecular weight excluding hydrogens is 439 g/mol. The summed E-state index contributed by atoms with van der Waals surface area (Å²) in [5.74, 6) is 1.77. The average molecular weight is 462 g/mol. The number of nitrogens with two attached hydrogens (primary N) is 1. The Kier molecular flexibility index (Phi) is 8.26. The number of guanidine groups is 1. The molecule has 6 nitrogen and oxygen atoms in total. The molecule has 1 heterocycles. The van der Waals surface area contributed by atoms with E-state index >= 15 is 0 Å². The highest BCUT2D eigenvalue weighted by molar-refractivity contribution is 14.0. The lowest BCUT2D eigenvalue weighted by molar-refractivity contribution is 0.354. The Balaban J connectivity index is 0.00000288. The lowest BCUT2D eigenvalue weighted by Crippen LogP contribution is -2.31. The first-order chi connectivity index (χ1) is 11.0. The summed E-state index contributed by atoms with van der Waals surface area (Å²) in [6, 6.07) is 5.68. The Morgan fingerprint density at radius 2 is 1.96 bits per heavy atom. The molecule has 132 valence electrons. The maximum absolute atomic E-state index is 5.90. The van der Waals surface area contributed by atoms with Gasteiger partial charge in [0.05, 0.1) is 33.0 Å². The van der Waals surface area contributed by atoms with Gasteiger partial charge < -0.3 is 20.5 Å². The molecule has 0 aliphatic rings. The molecule has 0 unspecified atom stereocenters. The third-order valence-corrected chi connectivity index (χ3v) is 4.45. The third-order valence-electron chi connectivity index (χ3n) is 3.37. The zero-order valence-electron chi connectivity index (χ0n) is 14.3. The largest absolute Gasteiger partial charge is 0.493 e. The molecule has 0 bridgehead atoms. The number of nitrogens with one attached hydrogen (secondary N) is 1. The van der Waals surface area contributed by atoms with Gasteiger partial charge in [-0.15, -0.1) is 35.3 Å². The summed E-state index contributed by atoms with van der Waals surface area (Å²) in [5, 5.41) is 4.08. The molecule has 1 aromatic heterocycles. The van der Waals surface area contributed by atoms with Crippen LogP contribution >= 0.6 is 35.3 Å². The van der Waals surface area contributed by atoms with Crippen LogP contribution in [0, 0.1) is 13.8 Å². The van der Waals surface area contributed by atoms with Gasteiger partial charge in [0, 0.05) is 4.88 Å². The van der Waals surface area contributed by atoms with Gasteiger partial charge in [0.15, 0.2) is 17.5 Å². The number of hydrogen-bond acceptors (Lipinski definition) is 5. The van der Waals surface area contributed by atoms with Crippen LogP contribution in [0.4, 0.5) is 0 Å². The van der Waals surface area contributed by atoms with Gasteiger partial charge in [-0.25, -0.2) is 9.98 Å². The highest BCUT2D eigenvalue weighted by Gasteiger charge is 2.05. The summed E-state index contributed by atoms with van der Waals surface area (Å²) >= 11 is 1.67. The fourth-order valence-electron chi connectivity index (χ4n) is 1.99. The zero-order valence-corrected chi connectivity index (χ0v) is 17.4. The number of rotatable bonds is 6. The van der Waals surface area contributed by atoms with Crippen molar-refractivity contribution in [2.24, 2.45) is 10.7 Å². The second-order valence-electron chi connectivity index (χ2n) is 4.99. The minimum absolute atomic E-state index is 0. The first kappa shape index (κ1) is 20.5. The van der Waals surface area contributed by atoms with Crippen molar-refractivity contribution >= 4 is 41.3 Å². The van der Waals surface area contributed by atoms with Crippen LogP contribution in [0.25, 0.3) is 0 Å². The Bertz CT molecular complexity index is 684. The molecule has 1 aromatic carbocycles. The summed E-state index contributed by atoms with van der Waals surface area (Å²) in [6.07, 6.45) is 0. The van der Waals surface area contributed by atoms with Crippen LogP contribution in [0.5, 0.6) is 11.5 Å². The molecule has 0 spiro atoms. The van der Waals surface area contributed by atoms with Gasteiger partial charge in [-0.05, 0) is 31.5 Å². The third kappa shape index (κ3) is 5.52. The highest BCUT2D eigenvalue weighted by atomic mass is 127. The summed E-state index contributed by atoms with van der Waals surface area (Å²) in [4.78, 5) is 10.0. The van der Waals surface area contributed by atoms with E-state index in [2.05, 4.69) is 22.2 Å². The summed E-state index contributed by atoms with van der Waals surface area (Å²) in [6.45, 7) is 5.12. The number of methoxy groups -OCH3 is 2. The smallest absolute Gasteiger partial charge is 0.189 e. The molecule has 8 heteroatoms. The van der Waals surface area contributed by atoms with Crippen molar-refractivity contribution in [3.05, 3.63) is 39.3 Å². The lowest BCUT2D eigenvalue weighted by atomic mass is 10.2. The normalized spacial score (nSPS) is 10.9. The molecule has 0 saturated heterocycles. The fourth-order valence-corrected chi connectivity index (χ4v) is 2.87. The number of aliphatic imine (C=N–C) groups is 1. The van der Waals surface area contributed by atoms with E-state index in [1.54, 1.807) is 25.6 Å². The molecule has 0 amide bonds. The number of benzene rings is 1. The van der Waals surface area contributed by atoms with Gasteiger partial charge in [-0.2, -0.15) is 0 Å². The number of aromatic nitrogens is 1. The molecule has 0 saturated carbocycles. The molecule has 3 N–H and O–H groups in total. The minimum Gasteiger partial charge on any atom is -0.493 e. The summed E-state index contributed by atoms with van der Waals surface area (Å²) < 4.78 is 10.5. The Morgan fingerprint density at radius 3 is 2.54 bits per heavy atom. The Hall–Kier alpha value is -1.55. The average Bonchev–Trinajstić information content (AvgIpc) is 2.88. The fraction of sp³-hybridized carbons (Fsp3) is 0.375. The maximum atomic E-state index is 5.90. The second-order valence-corrected chi connectivity index (χ2v) is 6.28. The van der Waals surface area contributed by atoms with Crippen molar-refractivity contribution in [2.75, 3.05) is 14.2 Å². The molecule has 0 radical (unpaired) electrons. The second kappa shape index (κ2) is 9.67. The Labute approximate surface area is 163 Å². The van der Waals surface area contributed by atoms with E-state index in [4.69, 9.17) is 15.2 Å². The van der Waals surface area contributed by atoms with Crippen molar-refractivity contribution in [2.45, 2.75) is 26.9 Å². The monoisotopic (exact) mass is 462 g/mol. The van der Waals surface area contributed by atoms with E-state index in [1.165, 1.54) is 4.88 Å². The first-order valence-corrected chi connectivity index (χ1v) is 8.02. The number of aryl methyl sites for hydroxylation is 2. The number of nitrogens with zero attached hydrogens (tertiary/aromatic N) is 2. The lowest BCUT2D eigenvalue weighted by Gasteiger charge is -2.09. The predicted molar refractivity (Wildman–Crippen MR) is 109 cm³/mol. The van der Waals surface area contributed by atoms with Gasteiger partial charge in [0.2, 0.25) is 0 Å². The highest BCUT2D eigenvalue weighted by Crippen LogP contribution is 2.27. The number of hydrogen-bond donors (Lipinski definition) is 2. The van der Waals surface area contributed by atoms with Crippen molar-refractivity contribution in [3.63, 3.8) is 0 Å². The van der Waals surface area contributed by atoms with E-state index in [9.17, 15) is 0 Å². The maximum Gasteiger partial charge on any atom is 0.189 e. The number of thiazole rings is 1. The Morgan fingerprint density at radius 1 is 1.25 bits per heavy atom. The van der Waals surface area contributed by atoms with Crippen molar-refractivity contribution in [1.29, 1.82) is 0 Å². The molecule has 0 aliphatic carbocycles. The van der Waals surface area contributed by atoms with Crippen LogP contribution in [0.15, 0.2) is 23.2 Å². The molecule has 0 aliphatic heterocycles. The standard InChI is InChI=1S/C16H22N4O2S.HI/c1-10-11(2)23-15(20-10)9-19-16(17)18-8-12-5-6-13(21-3)14(7-12)22-4;/h5-7H,8-9H2,1-4H3,(H3,17,18,19);1H. The van der Waals surface area contributed by atoms with Crippen molar-refractivity contribution < 1.29 is 9.47 Å². The van der Waals surface area contributed by atoms with Crippen LogP contribution < -0.4 is 20.5 Å². The first-order valence-electron chi connectivity index (χ1n) is 7.21. The van der Waals surface area contributed by atoms with Crippen LogP contribution in [0.1, 0.15) is 21.1 Å². The quantitative estimate of drug-likeness (QED) is 0.392. The van der Waals surface area contributed by atoms with Crippen LogP contribution in [0.3, 0.4) is 0 Å². The molecule has 0 atom stereocenters. The molecule has 24 heavy (non-hydrogen) atoms. The van der Waals surface area contributed by atoms with E-state index in [0.29, 0.717) is 30.5 Å². The van der Waals surface area contributed by atoms with Crippen molar-refractivity contribution in [3.8, 4) is 11.5 Å². The van der Waals surface area contributed by atoms with E-state index in [1.807, 2.05) is 25.1 Å². The van der Waals surface area contributed by atoms with Crippen LogP contribution in [-0.2, 0) is 13.1 Å². The SMILES string of the molecule is COc1ccc(CN=C(N)NCc2nc(C)c(C)s2)cc1OC.I. The van der Waals surface area contributed by atoms with Crippen molar-refractivity contribution in [1.82, 2.24) is 10.3 Å². The molecule has 2 rings (SSSR count). The van der Waals surface area contributed by atoms with Crippen LogP contribution in [0.2, 0.25) is 0 Å². The van der Waals surface area contributed by atoms with Gasteiger partial charge >= 0.3 is 0 Å². The molecule has 0 fully saturated rings. The van der Waals surface area contributed by atoms with Gasteiger partial charge in [0.25, 0.3) is 0 Å². The summed E-state index contributed by atoms with van der Waals surface area (Å²) in [7, 11) is 3.22. The predicted octanol–water partition coefficient (Wildman–Crippen LogP) is 3.00. The molecular formula is C16H23IN4O2S. The number of ether oxygens (including phenoxy) is 2. The van der Waals surface area contributed by atoms with E-state index in [-0.39, 0.29) is 24.0 Å². The van der Waals surface area contributed by atoms with E-state index < -0.39 is 0 Å². The summed E-state index contributed by atoms with van der Waals surface area (Å²) in [5.41, 5.74) is 7.96. The molecule has 2 aromatic rings. The van der Waals surface area contributed by atoms with Gasteiger partial charge in [-0.3, -0.25) is 0 Å². The van der Waals surface area contributed by atoms with Gasteiger partial charge in [-0.1, -0.05) is 6.07 Å².